The highest BCUT2D eigenvalue weighted by Crippen LogP contribution is 2.20. The van der Waals surface area contributed by atoms with Crippen molar-refractivity contribution in [3.63, 3.8) is 0 Å². The molecule has 0 bridgehead atoms. The van der Waals surface area contributed by atoms with Crippen molar-refractivity contribution in [1.82, 2.24) is 15.2 Å². The minimum Gasteiger partial charge on any atom is -0.443 e. The molecule has 122 valence electrons. The Kier molecular flexibility index (Phi) is 4.74. The molecule has 8 heteroatoms. The number of hydrazine groups is 1. The lowest BCUT2D eigenvalue weighted by atomic mass is 10.2. The number of hydrogen-bond donors (Lipinski definition) is 2. The average molecular weight is 327 g/mol. The number of nitrogens with one attached hydrogen (secondary N) is 2. The van der Waals surface area contributed by atoms with Gasteiger partial charge < -0.3 is 4.74 Å². The van der Waals surface area contributed by atoms with Crippen LogP contribution in [0.2, 0.25) is 0 Å². The van der Waals surface area contributed by atoms with Gasteiger partial charge in [-0.3, -0.25) is 5.43 Å². The van der Waals surface area contributed by atoms with Gasteiger partial charge in [0.25, 0.3) is 0 Å². The van der Waals surface area contributed by atoms with Crippen LogP contribution in [-0.2, 0) is 14.8 Å². The summed E-state index contributed by atoms with van der Waals surface area (Å²) in [6.45, 7) is 5.90. The molecule has 1 heterocycles. The van der Waals surface area contributed by atoms with E-state index in [-0.39, 0.29) is 10.9 Å². The lowest BCUT2D eigenvalue weighted by Gasteiger charge is -2.38. The predicted molar refractivity (Wildman–Crippen MR) is 81.5 cm³/mol. The summed E-state index contributed by atoms with van der Waals surface area (Å²) in [5, 5.41) is 0. The van der Waals surface area contributed by atoms with Gasteiger partial charge in [0.15, 0.2) is 0 Å². The summed E-state index contributed by atoms with van der Waals surface area (Å²) >= 11 is 0. The topological polar surface area (TPSA) is 87.7 Å². The van der Waals surface area contributed by atoms with Crippen molar-refractivity contribution in [2.75, 3.05) is 13.1 Å². The predicted octanol–water partition coefficient (Wildman–Crippen LogP) is 1.09. The Morgan fingerprint density at radius 2 is 1.82 bits per heavy atom. The summed E-state index contributed by atoms with van der Waals surface area (Å²) in [5.74, 6) is 0. The Labute approximate surface area is 130 Å². The molecular formula is C14H21N3O4S. The maximum Gasteiger partial charge on any atom is 0.422 e. The molecule has 0 radical (unpaired) electrons. The molecule has 0 unspecified atom stereocenters. The summed E-state index contributed by atoms with van der Waals surface area (Å²) in [6.07, 6.45) is -0.586. The van der Waals surface area contributed by atoms with Crippen molar-refractivity contribution < 1.29 is 17.9 Å². The number of rotatable bonds is 4. The Hall–Kier alpha value is -1.64. The van der Waals surface area contributed by atoms with E-state index in [1.165, 1.54) is 4.31 Å². The minimum atomic E-state index is -3.45. The van der Waals surface area contributed by atoms with E-state index in [1.54, 1.807) is 51.1 Å². The molecule has 2 N–H and O–H groups in total. The minimum absolute atomic E-state index is 0.133. The molecule has 1 aromatic rings. The number of amides is 1. The van der Waals surface area contributed by atoms with Crippen molar-refractivity contribution in [2.45, 2.75) is 37.3 Å². The normalized spacial score (nSPS) is 16.9. The van der Waals surface area contributed by atoms with Crippen LogP contribution in [0.15, 0.2) is 35.2 Å². The van der Waals surface area contributed by atoms with Crippen LogP contribution < -0.4 is 10.9 Å². The highest BCUT2D eigenvalue weighted by Gasteiger charge is 2.36. The molecule has 1 aromatic carbocycles. The van der Waals surface area contributed by atoms with Crippen LogP contribution in [0.3, 0.4) is 0 Å². The fourth-order valence-electron chi connectivity index (χ4n) is 1.93. The molecule has 7 nitrogen and oxygen atoms in total. The van der Waals surface area contributed by atoms with E-state index >= 15 is 0 Å². The summed E-state index contributed by atoms with van der Waals surface area (Å²) in [4.78, 5) is 11.7. The summed E-state index contributed by atoms with van der Waals surface area (Å²) in [6, 6.07) is 8.14. The number of benzene rings is 1. The van der Waals surface area contributed by atoms with Crippen molar-refractivity contribution in [1.29, 1.82) is 0 Å². The van der Waals surface area contributed by atoms with E-state index in [0.717, 1.165) is 0 Å². The van der Waals surface area contributed by atoms with E-state index in [1.807, 2.05) is 0 Å². The van der Waals surface area contributed by atoms with Crippen LogP contribution in [0.1, 0.15) is 20.8 Å². The number of ether oxygens (including phenoxy) is 1. The summed E-state index contributed by atoms with van der Waals surface area (Å²) in [7, 11) is -3.45. The van der Waals surface area contributed by atoms with E-state index in [2.05, 4.69) is 10.9 Å². The Bertz CT molecular complexity index is 619. The molecule has 0 spiro atoms. The smallest absolute Gasteiger partial charge is 0.422 e. The Balaban J connectivity index is 1.80. The van der Waals surface area contributed by atoms with Crippen LogP contribution >= 0.6 is 0 Å². The summed E-state index contributed by atoms with van der Waals surface area (Å²) in [5.41, 5.74) is 4.61. The highest BCUT2D eigenvalue weighted by atomic mass is 32.2. The number of hydrogen-bond acceptors (Lipinski definition) is 5. The molecule has 2 rings (SSSR count). The van der Waals surface area contributed by atoms with E-state index in [4.69, 9.17) is 4.74 Å². The first kappa shape index (κ1) is 16.7. The molecule has 1 fully saturated rings. The van der Waals surface area contributed by atoms with E-state index in [0.29, 0.717) is 13.1 Å². The second-order valence-corrected chi connectivity index (χ2v) is 8.04. The Morgan fingerprint density at radius 1 is 1.23 bits per heavy atom. The first-order valence-electron chi connectivity index (χ1n) is 6.98. The van der Waals surface area contributed by atoms with E-state index < -0.39 is 21.7 Å². The number of carbonyl (C=O) groups is 1. The van der Waals surface area contributed by atoms with Gasteiger partial charge in [-0.25, -0.2) is 18.6 Å². The van der Waals surface area contributed by atoms with Gasteiger partial charge in [0.05, 0.1) is 10.9 Å². The van der Waals surface area contributed by atoms with Gasteiger partial charge in [-0.15, -0.1) is 0 Å². The average Bonchev–Trinajstić information content (AvgIpc) is 2.35. The highest BCUT2D eigenvalue weighted by molar-refractivity contribution is 7.89. The van der Waals surface area contributed by atoms with Crippen LogP contribution in [0.4, 0.5) is 4.79 Å². The second kappa shape index (κ2) is 6.23. The molecule has 1 aliphatic heterocycles. The zero-order chi connectivity index (χ0) is 16.4. The third-order valence-electron chi connectivity index (χ3n) is 3.01. The van der Waals surface area contributed by atoms with Gasteiger partial charge in [0.2, 0.25) is 10.0 Å². The molecule has 1 saturated heterocycles. The molecule has 0 aromatic heterocycles. The van der Waals surface area contributed by atoms with Gasteiger partial charge >= 0.3 is 6.09 Å². The molecule has 0 aliphatic carbocycles. The summed E-state index contributed by atoms with van der Waals surface area (Å²) < 4.78 is 31.0. The molecule has 0 atom stereocenters. The van der Waals surface area contributed by atoms with Crippen LogP contribution in [0, 0.1) is 0 Å². The quantitative estimate of drug-likeness (QED) is 0.808. The van der Waals surface area contributed by atoms with Gasteiger partial charge in [0, 0.05) is 13.1 Å². The van der Waals surface area contributed by atoms with E-state index in [9.17, 15) is 13.2 Å². The lowest BCUT2D eigenvalue weighted by Crippen LogP contribution is -2.63. The lowest BCUT2D eigenvalue weighted by molar-refractivity contribution is 0.0467. The van der Waals surface area contributed by atoms with Crippen LogP contribution in [0.25, 0.3) is 0 Å². The van der Waals surface area contributed by atoms with Crippen molar-refractivity contribution in [2.24, 2.45) is 0 Å². The molecule has 0 saturated carbocycles. The first-order chi connectivity index (χ1) is 10.2. The van der Waals surface area contributed by atoms with Crippen LogP contribution in [0.5, 0.6) is 0 Å². The van der Waals surface area contributed by atoms with Crippen molar-refractivity contribution in [3.05, 3.63) is 30.3 Å². The zero-order valence-corrected chi connectivity index (χ0v) is 13.7. The van der Waals surface area contributed by atoms with Gasteiger partial charge in [-0.2, -0.15) is 4.31 Å². The third-order valence-corrected chi connectivity index (χ3v) is 4.85. The monoisotopic (exact) mass is 327 g/mol. The van der Waals surface area contributed by atoms with Crippen molar-refractivity contribution >= 4 is 16.1 Å². The van der Waals surface area contributed by atoms with Crippen molar-refractivity contribution in [3.8, 4) is 0 Å². The standard InChI is InChI=1S/C14H21N3O4S/c1-14(2,3)21-13(18)16-15-11-9-17(10-11)22(19,20)12-7-5-4-6-8-12/h4-8,11,15H,9-10H2,1-3H3,(H,16,18). The number of nitrogens with zero attached hydrogens (tertiary/aromatic N) is 1. The largest absolute Gasteiger partial charge is 0.443 e. The van der Waals surface area contributed by atoms with Gasteiger partial charge in [-0.1, -0.05) is 18.2 Å². The number of carbonyl (C=O) groups excluding carboxylic acids is 1. The molecular weight excluding hydrogens is 306 g/mol. The molecule has 1 aliphatic rings. The van der Waals surface area contributed by atoms with Crippen LogP contribution in [-0.4, -0.2) is 43.5 Å². The zero-order valence-electron chi connectivity index (χ0n) is 12.9. The SMILES string of the molecule is CC(C)(C)OC(=O)NNC1CN(S(=O)(=O)c2ccccc2)C1. The first-order valence-corrected chi connectivity index (χ1v) is 8.42. The third kappa shape index (κ3) is 4.19. The van der Waals surface area contributed by atoms with Gasteiger partial charge in [-0.05, 0) is 32.9 Å². The fraction of sp³-hybridized carbons (Fsp3) is 0.500. The second-order valence-electron chi connectivity index (χ2n) is 6.10. The van der Waals surface area contributed by atoms with Gasteiger partial charge in [0.1, 0.15) is 5.60 Å². The fourth-order valence-corrected chi connectivity index (χ4v) is 3.48. The maximum atomic E-state index is 12.3. The molecule has 1 amide bonds. The maximum absolute atomic E-state index is 12.3. The number of sulfonamides is 1. The Morgan fingerprint density at radius 3 is 2.36 bits per heavy atom. The molecule has 22 heavy (non-hydrogen) atoms.